The Hall–Kier alpha value is -0.320. The number of aromatic nitrogens is 1. The van der Waals surface area contributed by atoms with Crippen LogP contribution in [0.4, 0.5) is 5.82 Å². The molecule has 0 spiro atoms. The van der Waals surface area contributed by atoms with Crippen molar-refractivity contribution in [3.8, 4) is 0 Å². The van der Waals surface area contributed by atoms with Gasteiger partial charge in [-0.1, -0.05) is 11.6 Å². The van der Waals surface area contributed by atoms with E-state index in [0.717, 1.165) is 29.4 Å². The lowest BCUT2D eigenvalue weighted by molar-refractivity contribution is 0.700. The molecule has 15 heavy (non-hydrogen) atoms. The molecule has 0 atom stereocenters. The topological polar surface area (TPSA) is 37.0 Å². The van der Waals surface area contributed by atoms with Crippen LogP contribution in [0.2, 0.25) is 5.02 Å². The van der Waals surface area contributed by atoms with E-state index in [1.54, 1.807) is 6.20 Å². The minimum Gasteiger partial charge on any atom is -0.368 e. The summed E-state index contributed by atoms with van der Waals surface area (Å²) in [6.45, 7) is 1.81. The molecule has 0 amide bonds. The van der Waals surface area contributed by atoms with E-state index in [-0.39, 0.29) is 0 Å². The molecule has 3 nitrogen and oxygen atoms in total. The summed E-state index contributed by atoms with van der Waals surface area (Å²) >= 11 is 9.33. The van der Waals surface area contributed by atoms with Crippen LogP contribution in [0.3, 0.4) is 0 Å². The van der Waals surface area contributed by atoms with Crippen molar-refractivity contribution in [1.29, 1.82) is 0 Å². The molecule has 1 aliphatic carbocycles. The van der Waals surface area contributed by atoms with Crippen molar-refractivity contribution in [2.75, 3.05) is 18.4 Å². The average molecular weight is 291 g/mol. The molecule has 0 aliphatic heterocycles. The fourth-order valence-electron chi connectivity index (χ4n) is 1.29. The fourth-order valence-corrected chi connectivity index (χ4v) is 1.99. The smallest absolute Gasteiger partial charge is 0.144 e. The zero-order valence-electron chi connectivity index (χ0n) is 8.26. The molecule has 0 bridgehead atoms. The molecule has 0 saturated heterocycles. The van der Waals surface area contributed by atoms with E-state index in [4.69, 9.17) is 11.6 Å². The van der Waals surface area contributed by atoms with Crippen molar-refractivity contribution in [3.63, 3.8) is 0 Å². The van der Waals surface area contributed by atoms with Crippen LogP contribution < -0.4 is 10.6 Å². The summed E-state index contributed by atoms with van der Waals surface area (Å²) in [5.41, 5.74) is 0. The maximum absolute atomic E-state index is 6.01. The molecule has 0 radical (unpaired) electrons. The van der Waals surface area contributed by atoms with Crippen molar-refractivity contribution in [1.82, 2.24) is 10.3 Å². The molecule has 82 valence electrons. The van der Waals surface area contributed by atoms with Crippen molar-refractivity contribution in [2.24, 2.45) is 0 Å². The van der Waals surface area contributed by atoms with E-state index in [0.29, 0.717) is 5.02 Å². The molecular formula is C10H13BrClN3. The Labute approximate surface area is 103 Å². The van der Waals surface area contributed by atoms with Gasteiger partial charge in [-0.3, -0.25) is 0 Å². The maximum Gasteiger partial charge on any atom is 0.144 e. The summed E-state index contributed by atoms with van der Waals surface area (Å²) in [4.78, 5) is 4.19. The van der Waals surface area contributed by atoms with E-state index in [9.17, 15) is 0 Å². The summed E-state index contributed by atoms with van der Waals surface area (Å²) in [5, 5.41) is 7.26. The van der Waals surface area contributed by atoms with Gasteiger partial charge in [-0.05, 0) is 34.8 Å². The van der Waals surface area contributed by atoms with Crippen LogP contribution >= 0.6 is 27.5 Å². The van der Waals surface area contributed by atoms with Crippen molar-refractivity contribution in [2.45, 2.75) is 18.9 Å². The lowest BCUT2D eigenvalue weighted by Gasteiger charge is -2.07. The summed E-state index contributed by atoms with van der Waals surface area (Å²) in [5.74, 6) is 0.748. The molecule has 1 saturated carbocycles. The number of pyridine rings is 1. The second-order valence-corrected chi connectivity index (χ2v) is 4.96. The Morgan fingerprint density at radius 2 is 2.27 bits per heavy atom. The largest absolute Gasteiger partial charge is 0.368 e. The summed E-state index contributed by atoms with van der Waals surface area (Å²) in [7, 11) is 0. The van der Waals surface area contributed by atoms with Crippen molar-refractivity contribution < 1.29 is 0 Å². The van der Waals surface area contributed by atoms with Gasteiger partial charge < -0.3 is 10.6 Å². The fraction of sp³-hybridized carbons (Fsp3) is 0.500. The SMILES string of the molecule is Clc1cc(Br)cnc1NCCNC1CC1. The molecule has 0 unspecified atom stereocenters. The van der Waals surface area contributed by atoms with Crippen molar-refractivity contribution >= 4 is 33.3 Å². The van der Waals surface area contributed by atoms with Crippen molar-refractivity contribution in [3.05, 3.63) is 21.8 Å². The van der Waals surface area contributed by atoms with Gasteiger partial charge in [0.15, 0.2) is 0 Å². The number of nitrogens with zero attached hydrogens (tertiary/aromatic N) is 1. The summed E-state index contributed by atoms with van der Waals surface area (Å²) < 4.78 is 0.897. The zero-order valence-corrected chi connectivity index (χ0v) is 10.6. The van der Waals surface area contributed by atoms with Crippen LogP contribution in [0.5, 0.6) is 0 Å². The maximum atomic E-state index is 6.01. The van der Waals surface area contributed by atoms with Crippen LogP contribution in [0.15, 0.2) is 16.7 Å². The first-order valence-corrected chi connectivity index (χ1v) is 6.21. The zero-order chi connectivity index (χ0) is 10.7. The Bertz CT molecular complexity index is 341. The number of hydrogen-bond acceptors (Lipinski definition) is 3. The van der Waals surface area contributed by atoms with Gasteiger partial charge in [0.1, 0.15) is 5.82 Å². The molecule has 1 heterocycles. The van der Waals surface area contributed by atoms with Gasteiger partial charge in [0.25, 0.3) is 0 Å². The third-order valence-electron chi connectivity index (χ3n) is 2.24. The quantitative estimate of drug-likeness (QED) is 0.819. The molecule has 0 aromatic carbocycles. The minimum absolute atomic E-state index is 0.649. The molecule has 1 aromatic heterocycles. The highest BCUT2D eigenvalue weighted by atomic mass is 79.9. The lowest BCUT2D eigenvalue weighted by atomic mass is 10.4. The van der Waals surface area contributed by atoms with E-state index in [1.165, 1.54) is 12.8 Å². The standard InChI is InChI=1S/C10H13BrClN3/c11-7-5-9(12)10(15-6-7)14-4-3-13-8-1-2-8/h5-6,8,13H,1-4H2,(H,14,15). The van der Waals surface area contributed by atoms with Gasteiger partial charge in [-0.25, -0.2) is 4.98 Å². The molecular weight excluding hydrogens is 277 g/mol. The number of hydrogen-bond donors (Lipinski definition) is 2. The van der Waals surface area contributed by atoms with Gasteiger partial charge in [0.2, 0.25) is 0 Å². The molecule has 1 fully saturated rings. The number of anilines is 1. The van der Waals surface area contributed by atoms with Gasteiger partial charge in [-0.2, -0.15) is 0 Å². The van der Waals surface area contributed by atoms with Crippen LogP contribution in [0, 0.1) is 0 Å². The van der Waals surface area contributed by atoms with E-state index < -0.39 is 0 Å². The Morgan fingerprint density at radius 1 is 1.47 bits per heavy atom. The first-order chi connectivity index (χ1) is 7.25. The van der Waals surface area contributed by atoms with Gasteiger partial charge >= 0.3 is 0 Å². The number of nitrogens with one attached hydrogen (secondary N) is 2. The predicted octanol–water partition coefficient (Wildman–Crippen LogP) is 2.66. The molecule has 2 rings (SSSR count). The number of rotatable bonds is 5. The molecule has 5 heteroatoms. The average Bonchev–Trinajstić information content (AvgIpc) is 2.99. The summed E-state index contributed by atoms with van der Waals surface area (Å²) in [6, 6.07) is 2.59. The highest BCUT2D eigenvalue weighted by molar-refractivity contribution is 9.10. The first-order valence-electron chi connectivity index (χ1n) is 5.04. The Balaban J connectivity index is 1.76. The van der Waals surface area contributed by atoms with Crippen LogP contribution in [0.1, 0.15) is 12.8 Å². The van der Waals surface area contributed by atoms with E-state index in [2.05, 4.69) is 31.5 Å². The lowest BCUT2D eigenvalue weighted by Crippen LogP contribution is -2.24. The monoisotopic (exact) mass is 289 g/mol. The second-order valence-electron chi connectivity index (χ2n) is 3.64. The summed E-state index contributed by atoms with van der Waals surface area (Å²) in [6.07, 6.45) is 4.37. The van der Waals surface area contributed by atoms with Crippen LogP contribution in [-0.4, -0.2) is 24.1 Å². The molecule has 2 N–H and O–H groups in total. The highest BCUT2D eigenvalue weighted by Gasteiger charge is 2.19. The Morgan fingerprint density at radius 3 is 2.93 bits per heavy atom. The van der Waals surface area contributed by atoms with E-state index >= 15 is 0 Å². The third-order valence-corrected chi connectivity index (χ3v) is 2.96. The Kier molecular flexibility index (Phi) is 3.83. The van der Waals surface area contributed by atoms with Gasteiger partial charge in [-0.15, -0.1) is 0 Å². The predicted molar refractivity (Wildman–Crippen MR) is 66.5 cm³/mol. The molecule has 1 aromatic rings. The number of halogens is 2. The van der Waals surface area contributed by atoms with Gasteiger partial charge in [0.05, 0.1) is 5.02 Å². The van der Waals surface area contributed by atoms with Gasteiger partial charge in [0, 0.05) is 29.8 Å². The first kappa shape index (κ1) is 11.2. The van der Waals surface area contributed by atoms with Crippen LogP contribution in [0.25, 0.3) is 0 Å². The highest BCUT2D eigenvalue weighted by Crippen LogP contribution is 2.22. The second kappa shape index (κ2) is 5.14. The molecule has 1 aliphatic rings. The normalized spacial score (nSPS) is 15.3. The minimum atomic E-state index is 0.649. The van der Waals surface area contributed by atoms with Crippen LogP contribution in [-0.2, 0) is 0 Å². The van der Waals surface area contributed by atoms with E-state index in [1.807, 2.05) is 6.07 Å². The third kappa shape index (κ3) is 3.63.